The molecule has 232 valence electrons. The molecule has 1 fully saturated rings. The summed E-state index contributed by atoms with van der Waals surface area (Å²) in [6.07, 6.45) is 3.68. The van der Waals surface area contributed by atoms with E-state index in [-0.39, 0.29) is 34.3 Å². The van der Waals surface area contributed by atoms with E-state index in [9.17, 15) is 18.4 Å². The molecule has 0 radical (unpaired) electrons. The molecule has 0 bridgehead atoms. The molecule has 0 atom stereocenters. The van der Waals surface area contributed by atoms with E-state index in [0.717, 1.165) is 6.07 Å². The van der Waals surface area contributed by atoms with Crippen molar-refractivity contribution >= 4 is 45.8 Å². The first kappa shape index (κ1) is 31.6. The number of amides is 2. The van der Waals surface area contributed by atoms with Crippen molar-refractivity contribution in [1.82, 2.24) is 24.8 Å². The Kier molecular flexibility index (Phi) is 8.60. The van der Waals surface area contributed by atoms with Gasteiger partial charge in [-0.25, -0.2) is 23.1 Å². The smallest absolute Gasteiger partial charge is 0.283 e. The fourth-order valence-electron chi connectivity index (χ4n) is 4.85. The number of hydrogen-bond donors (Lipinski definition) is 3. The predicted molar refractivity (Wildman–Crippen MR) is 168 cm³/mol. The Morgan fingerprint density at radius 2 is 1.96 bits per heavy atom. The highest BCUT2D eigenvalue weighted by Crippen LogP contribution is 2.45. The number of nitrogens with one attached hydrogen (secondary N) is 2. The number of halogens is 4. The summed E-state index contributed by atoms with van der Waals surface area (Å²) in [4.78, 5) is 35.1. The van der Waals surface area contributed by atoms with Gasteiger partial charge in [0.1, 0.15) is 23.0 Å². The molecule has 1 saturated carbocycles. The van der Waals surface area contributed by atoms with Gasteiger partial charge in [0.25, 0.3) is 11.8 Å². The highest BCUT2D eigenvalue weighted by atomic mass is 35.5. The Hall–Kier alpha value is -4.86. The lowest BCUT2D eigenvalue weighted by atomic mass is 9.98. The van der Waals surface area contributed by atoms with Crippen molar-refractivity contribution in [2.75, 3.05) is 38.2 Å². The first-order valence-electron chi connectivity index (χ1n) is 13.8. The average molecular weight is 636 g/mol. The average Bonchev–Trinajstić information content (AvgIpc) is 3.64. The van der Waals surface area contributed by atoms with E-state index in [1.165, 1.54) is 30.6 Å². The lowest BCUT2D eigenvalue weighted by Crippen LogP contribution is -2.31. The number of anilines is 2. The largest absolute Gasteiger partial charge is 0.383 e. The van der Waals surface area contributed by atoms with Gasteiger partial charge in [-0.2, -0.15) is 0 Å². The number of nitrogens with zero attached hydrogens (tertiary/aromatic N) is 4. The van der Waals surface area contributed by atoms with E-state index in [2.05, 4.69) is 39.0 Å². The number of carbonyl (C=O) groups is 2. The van der Waals surface area contributed by atoms with Crippen LogP contribution in [0, 0.1) is 17.7 Å². The maximum absolute atomic E-state index is 15.8. The van der Waals surface area contributed by atoms with Gasteiger partial charge >= 0.3 is 0 Å². The molecule has 2 amide bonds. The molecule has 0 aliphatic heterocycles. The molecular formula is C32H29ClF3N7O2. The summed E-state index contributed by atoms with van der Waals surface area (Å²) in [6.45, 7) is 3.27. The van der Waals surface area contributed by atoms with Gasteiger partial charge in [0, 0.05) is 41.8 Å². The molecule has 1 aromatic carbocycles. The summed E-state index contributed by atoms with van der Waals surface area (Å²) in [5, 5.41) is 5.20. The number of carbonyl (C=O) groups excluding carboxylic acids is 2. The Bertz CT molecular complexity index is 1940. The second-order valence-corrected chi connectivity index (χ2v) is 11.5. The normalized spacial score (nSPS) is 13.3. The molecule has 3 aromatic heterocycles. The second-order valence-electron chi connectivity index (χ2n) is 11.0. The summed E-state index contributed by atoms with van der Waals surface area (Å²) in [7, 11) is 5.47. The Labute approximate surface area is 262 Å². The molecule has 0 spiro atoms. The van der Waals surface area contributed by atoms with E-state index in [0.29, 0.717) is 52.7 Å². The molecule has 1 aliphatic rings. The third-order valence-electron chi connectivity index (χ3n) is 7.29. The van der Waals surface area contributed by atoms with Gasteiger partial charge in [0.15, 0.2) is 5.83 Å². The predicted octanol–water partition coefficient (Wildman–Crippen LogP) is 5.24. The van der Waals surface area contributed by atoms with Gasteiger partial charge in [0.2, 0.25) is 0 Å². The van der Waals surface area contributed by atoms with Crippen molar-refractivity contribution < 1.29 is 22.8 Å². The maximum Gasteiger partial charge on any atom is 0.283 e. The molecule has 3 heterocycles. The highest BCUT2D eigenvalue weighted by molar-refractivity contribution is 6.34. The molecule has 0 unspecified atom stereocenters. The molecular weight excluding hydrogens is 607 g/mol. The first-order valence-corrected chi connectivity index (χ1v) is 14.2. The van der Waals surface area contributed by atoms with Crippen LogP contribution in [0.25, 0.3) is 33.3 Å². The molecule has 45 heavy (non-hydrogen) atoms. The van der Waals surface area contributed by atoms with Crippen LogP contribution in [0.1, 0.15) is 28.9 Å². The number of aryl methyl sites for hydroxylation is 1. The van der Waals surface area contributed by atoms with Crippen molar-refractivity contribution in [3.05, 3.63) is 71.2 Å². The lowest BCUT2D eigenvalue weighted by molar-refractivity contribution is -0.114. The number of pyridine rings is 2. The Balaban J connectivity index is 1.69. The summed E-state index contributed by atoms with van der Waals surface area (Å²) < 4.78 is 44.9. The van der Waals surface area contributed by atoms with Crippen LogP contribution in [0.4, 0.5) is 24.7 Å². The zero-order chi connectivity index (χ0) is 32.6. The fraction of sp³-hybridized carbons (Fsp3) is 0.250. The summed E-state index contributed by atoms with van der Waals surface area (Å²) >= 11 is 6.54. The number of benzene rings is 1. The van der Waals surface area contributed by atoms with Gasteiger partial charge in [-0.1, -0.05) is 30.0 Å². The summed E-state index contributed by atoms with van der Waals surface area (Å²) in [5.41, 5.74) is 7.25. The molecule has 4 aromatic rings. The third kappa shape index (κ3) is 6.50. The molecule has 13 heteroatoms. The van der Waals surface area contributed by atoms with Gasteiger partial charge < -0.3 is 20.9 Å². The minimum Gasteiger partial charge on any atom is -0.383 e. The van der Waals surface area contributed by atoms with Crippen molar-refractivity contribution in [3.63, 3.8) is 0 Å². The van der Waals surface area contributed by atoms with Crippen molar-refractivity contribution in [2.24, 2.45) is 7.05 Å². The standard InChI is InChI=1S/C32H29ClF3N7O2/c1-17(34)30(44)41-20-7-8-21(23(35)13-20)28-24(19-12-22(33)26(38-15-19)31(45)40-16-32(36)9-10-32)25-27(43(28)4)18(14-39-29(25)37)6-5-11-42(2)3/h7-8,12-15H,1,9-11,16H2,2-4H3,(H2,37,39)(H,40,45)(H,41,44). The molecule has 4 N–H and O–H groups in total. The van der Waals surface area contributed by atoms with Crippen LogP contribution in [0.3, 0.4) is 0 Å². The third-order valence-corrected chi connectivity index (χ3v) is 7.58. The zero-order valence-corrected chi connectivity index (χ0v) is 25.5. The van der Waals surface area contributed by atoms with Crippen molar-refractivity contribution in [2.45, 2.75) is 18.5 Å². The molecule has 5 rings (SSSR count). The molecule has 9 nitrogen and oxygen atoms in total. The van der Waals surface area contributed by atoms with E-state index < -0.39 is 29.1 Å². The van der Waals surface area contributed by atoms with Crippen molar-refractivity contribution in [1.29, 1.82) is 0 Å². The van der Waals surface area contributed by atoms with Gasteiger partial charge in [-0.05, 0) is 51.2 Å². The van der Waals surface area contributed by atoms with Crippen LogP contribution in [0.5, 0.6) is 0 Å². The molecule has 0 saturated heterocycles. The number of rotatable bonds is 8. The Morgan fingerprint density at radius 1 is 1.22 bits per heavy atom. The van der Waals surface area contributed by atoms with E-state index in [1.807, 2.05) is 19.0 Å². The summed E-state index contributed by atoms with van der Waals surface area (Å²) in [6, 6.07) is 5.38. The van der Waals surface area contributed by atoms with Gasteiger partial charge in [-0.15, -0.1) is 0 Å². The quantitative estimate of drug-likeness (QED) is 0.180. The van der Waals surface area contributed by atoms with E-state index >= 15 is 4.39 Å². The van der Waals surface area contributed by atoms with Crippen LogP contribution in [-0.2, 0) is 11.8 Å². The van der Waals surface area contributed by atoms with Gasteiger partial charge in [0.05, 0.1) is 40.3 Å². The van der Waals surface area contributed by atoms with E-state index in [4.69, 9.17) is 17.3 Å². The number of alkyl halides is 1. The Morgan fingerprint density at radius 3 is 2.58 bits per heavy atom. The first-order chi connectivity index (χ1) is 21.3. The van der Waals surface area contributed by atoms with Crippen LogP contribution in [0.15, 0.2) is 49.1 Å². The highest BCUT2D eigenvalue weighted by Gasteiger charge is 2.43. The minimum atomic E-state index is -1.40. The molecule has 1 aliphatic carbocycles. The number of nitrogen functional groups attached to an aromatic ring is 1. The maximum atomic E-state index is 15.8. The van der Waals surface area contributed by atoms with Crippen LogP contribution < -0.4 is 16.4 Å². The number of nitrogens with two attached hydrogens (primary N) is 1. The fourth-order valence-corrected chi connectivity index (χ4v) is 5.10. The van der Waals surface area contributed by atoms with Crippen LogP contribution >= 0.6 is 11.6 Å². The lowest BCUT2D eigenvalue weighted by Gasteiger charge is -2.13. The second kappa shape index (κ2) is 12.3. The van der Waals surface area contributed by atoms with E-state index in [1.54, 1.807) is 11.6 Å². The SMILES string of the molecule is C=C(F)C(=O)Nc1ccc(-c2c(-c3cnc(C(=O)NCC4(F)CC4)c(Cl)c3)c3c(N)ncc(C#CCN(C)C)c3n2C)c(F)c1. The minimum absolute atomic E-state index is 0.0121. The number of hydrogen-bond acceptors (Lipinski definition) is 6. The summed E-state index contributed by atoms with van der Waals surface area (Å²) in [5.74, 6) is 2.61. The number of fused-ring (bicyclic) bond motifs is 1. The van der Waals surface area contributed by atoms with Crippen LogP contribution in [-0.4, -0.2) is 64.1 Å². The monoisotopic (exact) mass is 635 g/mol. The van der Waals surface area contributed by atoms with Crippen LogP contribution in [0.2, 0.25) is 5.02 Å². The number of aromatic nitrogens is 3. The van der Waals surface area contributed by atoms with Crippen molar-refractivity contribution in [3.8, 4) is 34.2 Å². The zero-order valence-electron chi connectivity index (χ0n) is 24.7. The van der Waals surface area contributed by atoms with Gasteiger partial charge in [-0.3, -0.25) is 14.5 Å². The topological polar surface area (TPSA) is 118 Å².